The van der Waals surface area contributed by atoms with E-state index in [0.29, 0.717) is 0 Å². The van der Waals surface area contributed by atoms with Gasteiger partial charge in [0.25, 0.3) is 5.69 Å². The predicted octanol–water partition coefficient (Wildman–Crippen LogP) is 3.37. The van der Waals surface area contributed by atoms with Gasteiger partial charge in [0, 0.05) is 17.7 Å². The van der Waals surface area contributed by atoms with Gasteiger partial charge in [-0.1, -0.05) is 18.2 Å². The molecule has 0 saturated heterocycles. The van der Waals surface area contributed by atoms with E-state index < -0.39 is 4.92 Å². The zero-order valence-corrected chi connectivity index (χ0v) is 15.2. The topological polar surface area (TPSA) is 105 Å². The fraction of sp³-hybridized carbons (Fsp3) is 0.176. The fourth-order valence-electron chi connectivity index (χ4n) is 2.12. The van der Waals surface area contributed by atoms with Crippen LogP contribution in [-0.2, 0) is 11.2 Å². The van der Waals surface area contributed by atoms with Crippen LogP contribution in [0.1, 0.15) is 22.3 Å². The number of aryl methyl sites for hydroxylation is 2. The summed E-state index contributed by atoms with van der Waals surface area (Å²) in [6.07, 6.45) is 1.31. The molecule has 0 bridgehead atoms. The van der Waals surface area contributed by atoms with Gasteiger partial charge in [-0.3, -0.25) is 14.9 Å². The van der Waals surface area contributed by atoms with E-state index in [1.165, 1.54) is 12.1 Å². The molecule has 0 aliphatic heterocycles. The highest BCUT2D eigenvalue weighted by molar-refractivity contribution is 9.10. The number of hydrogen-bond acceptors (Lipinski definition) is 5. The summed E-state index contributed by atoms with van der Waals surface area (Å²) in [7, 11) is 0. The van der Waals surface area contributed by atoms with Gasteiger partial charge in [0.2, 0.25) is 5.91 Å². The molecule has 7 nitrogen and oxygen atoms in total. The van der Waals surface area contributed by atoms with E-state index in [1.807, 2.05) is 32.0 Å². The minimum absolute atomic E-state index is 0.118. The lowest BCUT2D eigenvalue weighted by Gasteiger charge is -2.05. The Balaban J connectivity index is 2.06. The van der Waals surface area contributed by atoms with Crippen LogP contribution in [0.25, 0.3) is 0 Å². The number of nitro benzene ring substituents is 1. The van der Waals surface area contributed by atoms with Crippen LogP contribution in [0.5, 0.6) is 5.75 Å². The minimum atomic E-state index is -0.583. The molecule has 0 aromatic heterocycles. The van der Waals surface area contributed by atoms with Crippen molar-refractivity contribution in [3.05, 3.63) is 67.2 Å². The Morgan fingerprint density at radius 1 is 1.32 bits per heavy atom. The SMILES string of the molecule is Cc1ccc(CC(=O)N/N=C\c2cc([N+](=O)[O-])cc(Br)c2O)cc1C. The number of carbonyl (C=O) groups is 1. The monoisotopic (exact) mass is 405 g/mol. The van der Waals surface area contributed by atoms with Crippen molar-refractivity contribution >= 4 is 33.7 Å². The summed E-state index contributed by atoms with van der Waals surface area (Å²) in [4.78, 5) is 22.2. The van der Waals surface area contributed by atoms with Crippen molar-refractivity contribution in [2.45, 2.75) is 20.3 Å². The Labute approximate surface area is 152 Å². The van der Waals surface area contributed by atoms with Crippen molar-refractivity contribution in [2.75, 3.05) is 0 Å². The van der Waals surface area contributed by atoms with Gasteiger partial charge in [0.15, 0.2) is 0 Å². The third-order valence-electron chi connectivity index (χ3n) is 3.62. The van der Waals surface area contributed by atoms with Crippen molar-refractivity contribution < 1.29 is 14.8 Å². The molecule has 2 N–H and O–H groups in total. The molecule has 25 heavy (non-hydrogen) atoms. The number of halogens is 1. The predicted molar refractivity (Wildman–Crippen MR) is 97.8 cm³/mol. The average molecular weight is 406 g/mol. The number of phenols is 1. The Bertz CT molecular complexity index is 865. The van der Waals surface area contributed by atoms with Gasteiger partial charge < -0.3 is 5.11 Å². The van der Waals surface area contributed by atoms with E-state index in [4.69, 9.17) is 0 Å². The van der Waals surface area contributed by atoms with Crippen LogP contribution < -0.4 is 5.43 Å². The van der Waals surface area contributed by atoms with Gasteiger partial charge in [-0.2, -0.15) is 5.10 Å². The molecule has 8 heteroatoms. The summed E-state index contributed by atoms with van der Waals surface area (Å²) in [5, 5.41) is 24.5. The lowest BCUT2D eigenvalue weighted by Crippen LogP contribution is -2.19. The number of non-ortho nitro benzene ring substituents is 1. The molecule has 2 rings (SSSR count). The van der Waals surface area contributed by atoms with E-state index >= 15 is 0 Å². The summed E-state index contributed by atoms with van der Waals surface area (Å²) in [6, 6.07) is 8.10. The standard InChI is InChI=1S/C17H16BrN3O4/c1-10-3-4-12(5-11(10)2)6-16(22)20-19-9-13-7-14(21(24)25)8-15(18)17(13)23/h3-5,7-9,23H,6H2,1-2H3,(H,20,22)/b19-9-. The van der Waals surface area contributed by atoms with Crippen LogP contribution in [0, 0.1) is 24.0 Å². The van der Waals surface area contributed by atoms with Crippen molar-refractivity contribution in [2.24, 2.45) is 5.10 Å². The zero-order valence-electron chi connectivity index (χ0n) is 13.6. The number of benzene rings is 2. The van der Waals surface area contributed by atoms with Crippen molar-refractivity contribution in [1.82, 2.24) is 5.43 Å². The lowest BCUT2D eigenvalue weighted by molar-refractivity contribution is -0.385. The third-order valence-corrected chi connectivity index (χ3v) is 4.22. The van der Waals surface area contributed by atoms with Crippen LogP contribution in [0.3, 0.4) is 0 Å². The minimum Gasteiger partial charge on any atom is -0.506 e. The van der Waals surface area contributed by atoms with E-state index in [2.05, 4.69) is 26.5 Å². The van der Waals surface area contributed by atoms with Crippen LogP contribution in [0.15, 0.2) is 39.9 Å². The molecule has 1 amide bonds. The molecule has 130 valence electrons. The summed E-state index contributed by atoms with van der Waals surface area (Å²) in [5.41, 5.74) is 5.36. The first-order chi connectivity index (χ1) is 11.8. The second kappa shape index (κ2) is 7.89. The average Bonchev–Trinajstić information content (AvgIpc) is 2.54. The van der Waals surface area contributed by atoms with E-state index in [1.54, 1.807) is 0 Å². The second-order valence-corrected chi connectivity index (χ2v) is 6.37. The van der Waals surface area contributed by atoms with Gasteiger partial charge in [0.05, 0.1) is 22.0 Å². The molecule has 0 atom stereocenters. The molecule has 2 aromatic carbocycles. The Morgan fingerprint density at radius 2 is 2.04 bits per heavy atom. The zero-order chi connectivity index (χ0) is 18.6. The number of rotatable bonds is 5. The van der Waals surface area contributed by atoms with Gasteiger partial charge in [-0.15, -0.1) is 0 Å². The van der Waals surface area contributed by atoms with Crippen LogP contribution in [0.4, 0.5) is 5.69 Å². The number of hydrazone groups is 1. The molecule has 0 unspecified atom stereocenters. The molecular formula is C17H16BrN3O4. The first-order valence-corrected chi connectivity index (χ1v) is 8.12. The fourth-order valence-corrected chi connectivity index (χ4v) is 2.58. The number of phenolic OH excluding ortho intramolecular Hbond substituents is 1. The number of aromatic hydroxyl groups is 1. The molecule has 0 aliphatic carbocycles. The number of nitrogens with zero attached hydrogens (tertiary/aromatic N) is 2. The molecule has 0 radical (unpaired) electrons. The molecule has 0 aliphatic rings. The Morgan fingerprint density at radius 3 is 2.68 bits per heavy atom. The maximum atomic E-state index is 11.9. The molecule has 0 heterocycles. The summed E-state index contributed by atoms with van der Waals surface area (Å²) in [5.74, 6) is -0.527. The Kier molecular flexibility index (Phi) is 5.87. The number of hydrogen-bond donors (Lipinski definition) is 2. The molecular weight excluding hydrogens is 390 g/mol. The highest BCUT2D eigenvalue weighted by atomic mass is 79.9. The summed E-state index contributed by atoms with van der Waals surface area (Å²) < 4.78 is 0.171. The largest absolute Gasteiger partial charge is 0.506 e. The van der Waals surface area contributed by atoms with Gasteiger partial charge in [-0.25, -0.2) is 5.43 Å². The second-order valence-electron chi connectivity index (χ2n) is 5.51. The number of nitro groups is 1. The summed E-state index contributed by atoms with van der Waals surface area (Å²) >= 11 is 3.04. The van der Waals surface area contributed by atoms with Crippen LogP contribution in [-0.4, -0.2) is 22.2 Å². The number of carbonyl (C=O) groups excluding carboxylic acids is 1. The highest BCUT2D eigenvalue weighted by Gasteiger charge is 2.13. The van der Waals surface area contributed by atoms with Gasteiger partial charge in [-0.05, 0) is 46.5 Å². The van der Waals surface area contributed by atoms with Gasteiger partial charge in [0.1, 0.15) is 5.75 Å². The number of amides is 1. The number of nitrogens with one attached hydrogen (secondary N) is 1. The molecule has 0 spiro atoms. The maximum Gasteiger partial charge on any atom is 0.271 e. The van der Waals surface area contributed by atoms with E-state index in [-0.39, 0.29) is 33.8 Å². The normalized spacial score (nSPS) is 10.8. The third kappa shape index (κ3) is 4.87. The molecule has 2 aromatic rings. The maximum absolute atomic E-state index is 11.9. The smallest absolute Gasteiger partial charge is 0.271 e. The van der Waals surface area contributed by atoms with Crippen molar-refractivity contribution in [3.8, 4) is 5.75 Å². The van der Waals surface area contributed by atoms with Crippen LogP contribution >= 0.6 is 15.9 Å². The first-order valence-electron chi connectivity index (χ1n) is 7.33. The van der Waals surface area contributed by atoms with E-state index in [9.17, 15) is 20.0 Å². The van der Waals surface area contributed by atoms with Crippen molar-refractivity contribution in [3.63, 3.8) is 0 Å². The van der Waals surface area contributed by atoms with Crippen molar-refractivity contribution in [1.29, 1.82) is 0 Å². The Hall–Kier alpha value is -2.74. The lowest BCUT2D eigenvalue weighted by atomic mass is 10.0. The quantitative estimate of drug-likeness (QED) is 0.451. The van der Waals surface area contributed by atoms with Gasteiger partial charge >= 0.3 is 0 Å². The molecule has 0 saturated carbocycles. The van der Waals surface area contributed by atoms with Crippen LogP contribution in [0.2, 0.25) is 0 Å². The highest BCUT2D eigenvalue weighted by Crippen LogP contribution is 2.31. The molecule has 0 fully saturated rings. The first kappa shape index (κ1) is 18.6. The van der Waals surface area contributed by atoms with E-state index in [0.717, 1.165) is 22.9 Å². The summed E-state index contributed by atoms with van der Waals surface area (Å²) in [6.45, 7) is 3.96.